The van der Waals surface area contributed by atoms with Gasteiger partial charge in [-0.15, -0.1) is 5.10 Å². The molecule has 0 aliphatic carbocycles. The lowest BCUT2D eigenvalue weighted by Crippen LogP contribution is -2.44. The number of amides is 1. The van der Waals surface area contributed by atoms with Gasteiger partial charge in [-0.3, -0.25) is 14.4 Å². The van der Waals surface area contributed by atoms with Crippen molar-refractivity contribution < 1.29 is 14.3 Å². The number of carbonyl (C=O) groups excluding carboxylic acids is 1. The number of halogens is 1. The van der Waals surface area contributed by atoms with Crippen LogP contribution < -0.4 is 10.6 Å². The van der Waals surface area contributed by atoms with Crippen molar-refractivity contribution in [3.05, 3.63) is 47.5 Å². The van der Waals surface area contributed by atoms with E-state index in [-0.39, 0.29) is 12.2 Å². The molecule has 0 saturated carbocycles. The summed E-state index contributed by atoms with van der Waals surface area (Å²) in [7, 11) is 0. The van der Waals surface area contributed by atoms with Crippen LogP contribution in [0.15, 0.2) is 30.5 Å². The highest BCUT2D eigenvalue weighted by molar-refractivity contribution is 5.91. The van der Waals surface area contributed by atoms with Crippen LogP contribution in [0.2, 0.25) is 0 Å². The second-order valence-corrected chi connectivity index (χ2v) is 6.24. The van der Waals surface area contributed by atoms with Crippen molar-refractivity contribution >= 4 is 5.91 Å². The Balaban J connectivity index is 1.46. The quantitative estimate of drug-likeness (QED) is 0.631. The highest BCUT2D eigenvalue weighted by atomic mass is 19.1. The van der Waals surface area contributed by atoms with Gasteiger partial charge in [0.25, 0.3) is 5.91 Å². The van der Waals surface area contributed by atoms with E-state index in [1.807, 2.05) is 0 Å². The van der Waals surface area contributed by atoms with Crippen LogP contribution in [0.1, 0.15) is 22.2 Å². The van der Waals surface area contributed by atoms with Gasteiger partial charge >= 0.3 is 0 Å². The van der Waals surface area contributed by atoms with Crippen LogP contribution in [0.5, 0.6) is 0 Å². The number of piperazine rings is 1. The molecule has 1 amide bonds. The van der Waals surface area contributed by atoms with Crippen molar-refractivity contribution in [3.8, 4) is 0 Å². The van der Waals surface area contributed by atoms with E-state index in [0.717, 1.165) is 32.7 Å². The van der Waals surface area contributed by atoms with Gasteiger partial charge < -0.3 is 15.7 Å². The molecule has 0 unspecified atom stereocenters. The molecule has 0 radical (unpaired) electrons. The minimum absolute atomic E-state index is 0.0318. The SMILES string of the molecule is O=C(NC[C@@H](O)c1cccc(F)c1)c1cn(CCN2CCNCC2)nn1. The van der Waals surface area contributed by atoms with Crippen molar-refractivity contribution in [2.45, 2.75) is 12.6 Å². The molecule has 1 aliphatic heterocycles. The van der Waals surface area contributed by atoms with E-state index < -0.39 is 17.8 Å². The molecule has 1 fully saturated rings. The first-order valence-corrected chi connectivity index (χ1v) is 8.67. The molecule has 1 saturated heterocycles. The molecule has 0 bridgehead atoms. The Bertz CT molecular complexity index is 732. The number of aliphatic hydroxyl groups is 1. The fourth-order valence-corrected chi connectivity index (χ4v) is 2.80. The molecule has 1 aromatic carbocycles. The van der Waals surface area contributed by atoms with Gasteiger partial charge in [0, 0.05) is 39.3 Å². The Kier molecular flexibility index (Phi) is 6.26. The summed E-state index contributed by atoms with van der Waals surface area (Å²) in [6, 6.07) is 5.66. The molecule has 3 N–H and O–H groups in total. The predicted octanol–water partition coefficient (Wildman–Crippen LogP) is -0.214. The van der Waals surface area contributed by atoms with Gasteiger partial charge in [0.1, 0.15) is 5.82 Å². The summed E-state index contributed by atoms with van der Waals surface area (Å²) in [6.07, 6.45) is 0.601. The predicted molar refractivity (Wildman–Crippen MR) is 93.0 cm³/mol. The van der Waals surface area contributed by atoms with Crippen molar-refractivity contribution in [1.82, 2.24) is 30.5 Å². The summed E-state index contributed by atoms with van der Waals surface area (Å²) in [5.41, 5.74) is 0.599. The Morgan fingerprint density at radius 1 is 1.35 bits per heavy atom. The monoisotopic (exact) mass is 362 g/mol. The van der Waals surface area contributed by atoms with Gasteiger partial charge in [-0.1, -0.05) is 17.3 Å². The van der Waals surface area contributed by atoms with Gasteiger partial charge in [0.2, 0.25) is 0 Å². The molecule has 140 valence electrons. The van der Waals surface area contributed by atoms with Gasteiger partial charge in [-0.05, 0) is 17.7 Å². The Morgan fingerprint density at radius 3 is 2.92 bits per heavy atom. The summed E-state index contributed by atoms with van der Waals surface area (Å²) in [5.74, 6) is -0.853. The zero-order valence-electron chi connectivity index (χ0n) is 14.4. The zero-order chi connectivity index (χ0) is 18.4. The minimum atomic E-state index is -0.989. The van der Waals surface area contributed by atoms with E-state index in [9.17, 15) is 14.3 Å². The lowest BCUT2D eigenvalue weighted by molar-refractivity contribution is 0.0911. The Labute approximate surface area is 151 Å². The van der Waals surface area contributed by atoms with Gasteiger partial charge in [-0.25, -0.2) is 4.39 Å². The number of carbonyl (C=O) groups is 1. The van der Waals surface area contributed by atoms with Gasteiger partial charge in [0.05, 0.1) is 18.8 Å². The second-order valence-electron chi connectivity index (χ2n) is 6.24. The highest BCUT2D eigenvalue weighted by Gasteiger charge is 2.15. The lowest BCUT2D eigenvalue weighted by Gasteiger charge is -2.26. The maximum absolute atomic E-state index is 13.2. The van der Waals surface area contributed by atoms with E-state index in [0.29, 0.717) is 12.1 Å². The fraction of sp³-hybridized carbons (Fsp3) is 0.471. The highest BCUT2D eigenvalue weighted by Crippen LogP contribution is 2.13. The molecule has 3 rings (SSSR count). The minimum Gasteiger partial charge on any atom is -0.387 e. The molecule has 0 spiro atoms. The maximum atomic E-state index is 13.2. The first-order chi connectivity index (χ1) is 12.6. The van der Waals surface area contributed by atoms with Crippen molar-refractivity contribution in [2.75, 3.05) is 39.3 Å². The molecule has 1 aromatic heterocycles. The molecule has 8 nitrogen and oxygen atoms in total. The maximum Gasteiger partial charge on any atom is 0.273 e. The van der Waals surface area contributed by atoms with Gasteiger partial charge in [0.15, 0.2) is 5.69 Å². The number of benzene rings is 1. The Hall–Kier alpha value is -2.36. The van der Waals surface area contributed by atoms with Crippen molar-refractivity contribution in [1.29, 1.82) is 0 Å². The van der Waals surface area contributed by atoms with Crippen LogP contribution in [0.4, 0.5) is 4.39 Å². The van der Waals surface area contributed by atoms with Crippen molar-refractivity contribution in [3.63, 3.8) is 0 Å². The summed E-state index contributed by atoms with van der Waals surface area (Å²) < 4.78 is 14.8. The average Bonchev–Trinajstić information content (AvgIpc) is 3.14. The lowest BCUT2D eigenvalue weighted by atomic mass is 10.1. The zero-order valence-corrected chi connectivity index (χ0v) is 14.4. The topological polar surface area (TPSA) is 95.3 Å². The van der Waals surface area contributed by atoms with Crippen LogP contribution in [0, 0.1) is 5.82 Å². The standard InChI is InChI=1S/C17H23FN6O2/c18-14-3-1-2-13(10-14)16(25)11-20-17(26)15-12-24(22-21-15)9-8-23-6-4-19-5-7-23/h1-3,10,12,16,19,25H,4-9,11H2,(H,20,26)/t16-/m1/s1. The largest absolute Gasteiger partial charge is 0.387 e. The first kappa shape index (κ1) is 18.4. The van der Waals surface area contributed by atoms with Crippen LogP contribution in [-0.4, -0.2) is 70.2 Å². The molecular formula is C17H23FN6O2. The molecule has 26 heavy (non-hydrogen) atoms. The third-order valence-electron chi connectivity index (χ3n) is 4.32. The molecule has 1 aliphatic rings. The number of aromatic nitrogens is 3. The number of rotatable bonds is 7. The smallest absolute Gasteiger partial charge is 0.273 e. The molecular weight excluding hydrogens is 339 g/mol. The normalized spacial score (nSPS) is 16.4. The number of aliphatic hydroxyl groups excluding tert-OH is 1. The molecule has 2 heterocycles. The number of nitrogens with one attached hydrogen (secondary N) is 2. The molecule has 9 heteroatoms. The van der Waals surface area contributed by atoms with Gasteiger partial charge in [-0.2, -0.15) is 0 Å². The van der Waals surface area contributed by atoms with Crippen molar-refractivity contribution in [2.24, 2.45) is 0 Å². The second kappa shape index (κ2) is 8.84. The van der Waals surface area contributed by atoms with E-state index in [2.05, 4.69) is 25.8 Å². The van der Waals surface area contributed by atoms with Crippen LogP contribution in [0.25, 0.3) is 0 Å². The first-order valence-electron chi connectivity index (χ1n) is 8.67. The van der Waals surface area contributed by atoms with Crippen LogP contribution in [-0.2, 0) is 6.54 Å². The molecule has 2 aromatic rings. The summed E-state index contributed by atoms with van der Waals surface area (Å²) in [4.78, 5) is 14.5. The summed E-state index contributed by atoms with van der Waals surface area (Å²) in [6.45, 7) is 5.45. The third kappa shape index (κ3) is 5.07. The Morgan fingerprint density at radius 2 is 2.15 bits per heavy atom. The fourth-order valence-electron chi connectivity index (χ4n) is 2.80. The van der Waals surface area contributed by atoms with Crippen LogP contribution in [0.3, 0.4) is 0 Å². The third-order valence-corrected chi connectivity index (χ3v) is 4.32. The van der Waals surface area contributed by atoms with E-state index in [1.165, 1.54) is 18.2 Å². The number of nitrogens with zero attached hydrogens (tertiary/aromatic N) is 4. The average molecular weight is 362 g/mol. The molecule has 1 atom stereocenters. The van der Waals surface area contributed by atoms with Crippen LogP contribution >= 0.6 is 0 Å². The van der Waals surface area contributed by atoms with E-state index in [4.69, 9.17) is 0 Å². The number of hydrogen-bond acceptors (Lipinski definition) is 6. The number of hydrogen-bond donors (Lipinski definition) is 3. The van der Waals surface area contributed by atoms with E-state index in [1.54, 1.807) is 16.9 Å². The summed E-state index contributed by atoms with van der Waals surface area (Å²) >= 11 is 0. The summed E-state index contributed by atoms with van der Waals surface area (Å²) in [5, 5.41) is 23.8. The van der Waals surface area contributed by atoms with E-state index >= 15 is 0 Å².